The molecule has 3 N–H and O–H groups in total. The SMILES string of the molecule is CCNC(=O)[C@H](C)NC(=O)CN(C)CC(=O)Nc1ccc(C)cc1. The third-order valence-electron chi connectivity index (χ3n) is 3.28. The first-order valence-electron chi connectivity index (χ1n) is 7.94. The van der Waals surface area contributed by atoms with Crippen molar-refractivity contribution in [1.29, 1.82) is 0 Å². The standard InChI is InChI=1S/C17H26N4O3/c1-5-18-17(24)13(3)19-15(22)10-21(4)11-16(23)20-14-8-6-12(2)7-9-14/h6-9,13H,5,10-11H2,1-4H3,(H,18,24)(H,19,22)(H,20,23)/t13-/m0/s1. The number of hydrogen-bond donors (Lipinski definition) is 3. The minimum Gasteiger partial charge on any atom is -0.355 e. The third-order valence-corrected chi connectivity index (χ3v) is 3.28. The molecule has 1 aromatic rings. The van der Waals surface area contributed by atoms with Crippen LogP contribution in [0.15, 0.2) is 24.3 Å². The number of anilines is 1. The Balaban J connectivity index is 2.37. The van der Waals surface area contributed by atoms with Crippen molar-refractivity contribution in [2.75, 3.05) is 32.0 Å². The Morgan fingerprint density at radius 2 is 1.67 bits per heavy atom. The molecule has 7 nitrogen and oxygen atoms in total. The van der Waals surface area contributed by atoms with Gasteiger partial charge in [0.1, 0.15) is 6.04 Å². The van der Waals surface area contributed by atoms with Crippen molar-refractivity contribution in [1.82, 2.24) is 15.5 Å². The fourth-order valence-electron chi connectivity index (χ4n) is 2.06. The summed E-state index contributed by atoms with van der Waals surface area (Å²) in [6.45, 7) is 6.03. The summed E-state index contributed by atoms with van der Waals surface area (Å²) in [7, 11) is 1.67. The zero-order chi connectivity index (χ0) is 18.1. The maximum absolute atomic E-state index is 12.0. The first-order valence-corrected chi connectivity index (χ1v) is 7.94. The Bertz CT molecular complexity index is 572. The number of carbonyl (C=O) groups is 3. The number of aryl methyl sites for hydroxylation is 1. The number of carbonyl (C=O) groups excluding carboxylic acids is 3. The molecule has 0 bridgehead atoms. The van der Waals surface area contributed by atoms with E-state index in [-0.39, 0.29) is 30.8 Å². The highest BCUT2D eigenvalue weighted by atomic mass is 16.2. The number of rotatable bonds is 8. The lowest BCUT2D eigenvalue weighted by molar-refractivity contribution is -0.129. The molecule has 0 fully saturated rings. The molecule has 0 aliphatic rings. The summed E-state index contributed by atoms with van der Waals surface area (Å²) in [5.41, 5.74) is 1.83. The van der Waals surface area contributed by atoms with E-state index in [2.05, 4.69) is 16.0 Å². The molecule has 0 aliphatic carbocycles. The second-order valence-corrected chi connectivity index (χ2v) is 5.77. The molecule has 0 aliphatic heterocycles. The Morgan fingerprint density at radius 1 is 1.08 bits per heavy atom. The molecule has 24 heavy (non-hydrogen) atoms. The van der Waals surface area contributed by atoms with Crippen molar-refractivity contribution >= 4 is 23.4 Å². The Hall–Kier alpha value is -2.41. The molecule has 0 aromatic heterocycles. The van der Waals surface area contributed by atoms with Gasteiger partial charge in [-0.15, -0.1) is 0 Å². The molecule has 0 heterocycles. The van der Waals surface area contributed by atoms with Crippen molar-refractivity contribution in [3.63, 3.8) is 0 Å². The number of nitrogens with one attached hydrogen (secondary N) is 3. The molecule has 0 radical (unpaired) electrons. The van der Waals surface area contributed by atoms with E-state index in [1.807, 2.05) is 38.1 Å². The van der Waals surface area contributed by atoms with Gasteiger partial charge in [0, 0.05) is 12.2 Å². The zero-order valence-corrected chi connectivity index (χ0v) is 14.7. The van der Waals surface area contributed by atoms with Crippen LogP contribution in [0.2, 0.25) is 0 Å². The average molecular weight is 334 g/mol. The van der Waals surface area contributed by atoms with Gasteiger partial charge in [0.15, 0.2) is 0 Å². The molecule has 0 saturated carbocycles. The number of likely N-dealkylation sites (N-methyl/N-ethyl adjacent to an activating group) is 2. The predicted octanol–water partition coefficient (Wildman–Crippen LogP) is 0.506. The van der Waals surface area contributed by atoms with Gasteiger partial charge in [0.2, 0.25) is 17.7 Å². The molecule has 3 amide bonds. The van der Waals surface area contributed by atoms with Crippen molar-refractivity contribution in [3.8, 4) is 0 Å². The van der Waals surface area contributed by atoms with Crippen LogP contribution < -0.4 is 16.0 Å². The third kappa shape index (κ3) is 7.23. The second kappa shape index (κ2) is 9.67. The molecular weight excluding hydrogens is 308 g/mol. The topological polar surface area (TPSA) is 90.5 Å². The summed E-state index contributed by atoms with van der Waals surface area (Å²) in [5, 5.41) is 8.01. The Labute approximate surface area is 142 Å². The summed E-state index contributed by atoms with van der Waals surface area (Å²) in [6, 6.07) is 6.87. The normalized spacial score (nSPS) is 11.7. The fraction of sp³-hybridized carbons (Fsp3) is 0.471. The van der Waals surface area contributed by atoms with E-state index in [4.69, 9.17) is 0 Å². The van der Waals surface area contributed by atoms with E-state index < -0.39 is 6.04 Å². The molecule has 7 heteroatoms. The van der Waals surface area contributed by atoms with Crippen molar-refractivity contribution in [2.24, 2.45) is 0 Å². The van der Waals surface area contributed by atoms with Crippen LogP contribution in [-0.4, -0.2) is 55.3 Å². The quantitative estimate of drug-likeness (QED) is 0.646. The molecular formula is C17H26N4O3. The molecule has 0 saturated heterocycles. The first-order chi connectivity index (χ1) is 11.3. The van der Waals surface area contributed by atoms with Crippen LogP contribution in [0.3, 0.4) is 0 Å². The van der Waals surface area contributed by atoms with E-state index in [1.54, 1.807) is 18.9 Å². The van der Waals surface area contributed by atoms with Gasteiger partial charge in [0.25, 0.3) is 0 Å². The number of hydrogen-bond acceptors (Lipinski definition) is 4. The summed E-state index contributed by atoms with van der Waals surface area (Å²) >= 11 is 0. The average Bonchev–Trinajstić information content (AvgIpc) is 2.49. The monoisotopic (exact) mass is 334 g/mol. The highest BCUT2D eigenvalue weighted by molar-refractivity contribution is 5.93. The van der Waals surface area contributed by atoms with Gasteiger partial charge < -0.3 is 16.0 Å². The smallest absolute Gasteiger partial charge is 0.242 e. The van der Waals surface area contributed by atoms with Crippen LogP contribution in [0.25, 0.3) is 0 Å². The van der Waals surface area contributed by atoms with Crippen LogP contribution in [0.5, 0.6) is 0 Å². The number of nitrogens with zero attached hydrogens (tertiary/aromatic N) is 1. The van der Waals surface area contributed by atoms with Crippen molar-refractivity contribution in [2.45, 2.75) is 26.8 Å². The first kappa shape index (κ1) is 19.6. The van der Waals surface area contributed by atoms with Crippen molar-refractivity contribution in [3.05, 3.63) is 29.8 Å². The van der Waals surface area contributed by atoms with E-state index >= 15 is 0 Å². The lowest BCUT2D eigenvalue weighted by Crippen LogP contribution is -2.48. The predicted molar refractivity (Wildman–Crippen MR) is 93.6 cm³/mol. The maximum Gasteiger partial charge on any atom is 0.242 e. The van der Waals surface area contributed by atoms with Crippen molar-refractivity contribution < 1.29 is 14.4 Å². The van der Waals surface area contributed by atoms with E-state index in [0.29, 0.717) is 12.2 Å². The van der Waals surface area contributed by atoms with Gasteiger partial charge in [-0.25, -0.2) is 0 Å². The lowest BCUT2D eigenvalue weighted by Gasteiger charge is -2.18. The molecule has 0 spiro atoms. The number of amides is 3. The largest absolute Gasteiger partial charge is 0.355 e. The molecule has 132 valence electrons. The van der Waals surface area contributed by atoms with Gasteiger partial charge in [-0.05, 0) is 40.0 Å². The van der Waals surface area contributed by atoms with Crippen LogP contribution in [0.4, 0.5) is 5.69 Å². The molecule has 1 atom stereocenters. The minimum absolute atomic E-state index is 0.0328. The highest BCUT2D eigenvalue weighted by Gasteiger charge is 2.16. The van der Waals surface area contributed by atoms with Crippen LogP contribution in [0.1, 0.15) is 19.4 Å². The lowest BCUT2D eigenvalue weighted by atomic mass is 10.2. The van der Waals surface area contributed by atoms with Gasteiger partial charge >= 0.3 is 0 Å². The van der Waals surface area contributed by atoms with Crippen LogP contribution in [-0.2, 0) is 14.4 Å². The Morgan fingerprint density at radius 3 is 2.25 bits per heavy atom. The zero-order valence-electron chi connectivity index (χ0n) is 14.7. The molecule has 0 unspecified atom stereocenters. The van der Waals surface area contributed by atoms with Crippen LogP contribution in [0, 0.1) is 6.92 Å². The summed E-state index contributed by atoms with van der Waals surface area (Å²) < 4.78 is 0. The Kier molecular flexibility index (Phi) is 7.91. The van der Waals surface area contributed by atoms with E-state index in [1.165, 1.54) is 0 Å². The summed E-state index contributed by atoms with van der Waals surface area (Å²) in [4.78, 5) is 37.0. The summed E-state index contributed by atoms with van der Waals surface area (Å²) in [6.07, 6.45) is 0. The van der Waals surface area contributed by atoms with Crippen LogP contribution >= 0.6 is 0 Å². The molecule has 1 aromatic carbocycles. The maximum atomic E-state index is 12.0. The highest BCUT2D eigenvalue weighted by Crippen LogP contribution is 2.08. The fourth-order valence-corrected chi connectivity index (χ4v) is 2.06. The van der Waals surface area contributed by atoms with E-state index in [0.717, 1.165) is 5.56 Å². The summed E-state index contributed by atoms with van der Waals surface area (Å²) in [5.74, 6) is -0.740. The minimum atomic E-state index is -0.604. The van der Waals surface area contributed by atoms with E-state index in [9.17, 15) is 14.4 Å². The second-order valence-electron chi connectivity index (χ2n) is 5.77. The van der Waals surface area contributed by atoms with Gasteiger partial charge in [-0.3, -0.25) is 19.3 Å². The van der Waals surface area contributed by atoms with Gasteiger partial charge in [-0.1, -0.05) is 17.7 Å². The van der Waals surface area contributed by atoms with Gasteiger partial charge in [-0.2, -0.15) is 0 Å². The van der Waals surface area contributed by atoms with Gasteiger partial charge in [0.05, 0.1) is 13.1 Å². The molecule has 1 rings (SSSR count). The number of benzene rings is 1.